The lowest BCUT2D eigenvalue weighted by atomic mass is 10.1. The van der Waals surface area contributed by atoms with Crippen LogP contribution in [0.1, 0.15) is 5.56 Å². The fourth-order valence-corrected chi connectivity index (χ4v) is 2.02. The monoisotopic (exact) mass is 359 g/mol. The van der Waals surface area contributed by atoms with E-state index >= 15 is 0 Å². The highest BCUT2D eigenvalue weighted by molar-refractivity contribution is 8.93. The summed E-state index contributed by atoms with van der Waals surface area (Å²) < 4.78 is 6.39. The van der Waals surface area contributed by atoms with Gasteiger partial charge in [-0.05, 0) is 24.3 Å². The number of aromatic nitrogens is 2. The third-order valence-electron chi connectivity index (χ3n) is 2.95. The van der Waals surface area contributed by atoms with Gasteiger partial charge in [0.05, 0.1) is 17.3 Å². The first-order valence-corrected chi connectivity index (χ1v) is 6.06. The van der Waals surface area contributed by atoms with Crippen LogP contribution in [-0.4, -0.2) is 20.6 Å². The Morgan fingerprint density at radius 2 is 2.00 bits per heavy atom. The second kappa shape index (κ2) is 6.28. The third-order valence-corrected chi connectivity index (χ3v) is 2.95. The van der Waals surface area contributed by atoms with Crippen LogP contribution in [0.3, 0.4) is 0 Å². The van der Waals surface area contributed by atoms with Gasteiger partial charge in [0.15, 0.2) is 11.4 Å². The Kier molecular flexibility index (Phi) is 4.44. The first kappa shape index (κ1) is 15.5. The van der Waals surface area contributed by atoms with Crippen LogP contribution >= 0.6 is 17.0 Å². The van der Waals surface area contributed by atoms with Crippen molar-refractivity contribution in [3.8, 4) is 23.1 Å². The number of carbonyl (C=O) groups is 1. The van der Waals surface area contributed by atoms with E-state index in [0.29, 0.717) is 16.9 Å². The molecule has 0 atom stereocenters. The van der Waals surface area contributed by atoms with Gasteiger partial charge >= 0.3 is 6.16 Å². The minimum atomic E-state index is -1.38. The van der Waals surface area contributed by atoms with Gasteiger partial charge < -0.3 is 14.2 Å². The van der Waals surface area contributed by atoms with Crippen molar-refractivity contribution in [2.24, 2.45) is 0 Å². The van der Waals surface area contributed by atoms with Crippen molar-refractivity contribution in [1.29, 1.82) is 5.26 Å². The zero-order chi connectivity index (χ0) is 14.8. The molecule has 0 fully saturated rings. The summed E-state index contributed by atoms with van der Waals surface area (Å²) in [7, 11) is 0. The molecule has 6 nitrogen and oxygen atoms in total. The van der Waals surface area contributed by atoms with Crippen molar-refractivity contribution < 1.29 is 14.6 Å². The van der Waals surface area contributed by atoms with Crippen molar-refractivity contribution in [2.45, 2.75) is 0 Å². The van der Waals surface area contributed by atoms with E-state index in [1.54, 1.807) is 53.2 Å². The summed E-state index contributed by atoms with van der Waals surface area (Å²) in [5.74, 6) is 0.171. The Morgan fingerprint density at radius 1 is 1.27 bits per heavy atom. The van der Waals surface area contributed by atoms with Crippen molar-refractivity contribution in [3.05, 3.63) is 54.4 Å². The molecule has 0 aliphatic carbocycles. The van der Waals surface area contributed by atoms with E-state index in [2.05, 4.69) is 11.1 Å². The van der Waals surface area contributed by atoms with Gasteiger partial charge in [0.1, 0.15) is 0 Å². The normalized spacial score (nSPS) is 9.77. The Hall–Kier alpha value is -2.85. The lowest BCUT2D eigenvalue weighted by molar-refractivity contribution is 0.145. The van der Waals surface area contributed by atoms with Crippen LogP contribution in [-0.2, 0) is 0 Å². The largest absolute Gasteiger partial charge is 0.511 e. The maximum Gasteiger partial charge on any atom is 0.511 e. The summed E-state index contributed by atoms with van der Waals surface area (Å²) in [4.78, 5) is 15.1. The number of halogens is 1. The summed E-state index contributed by atoms with van der Waals surface area (Å²) in [6, 6.07) is 12.3. The molecule has 3 aromatic rings. The number of rotatable bonds is 2. The maximum absolute atomic E-state index is 10.7. The molecule has 1 aromatic carbocycles. The number of ether oxygens (including phenoxy) is 1. The van der Waals surface area contributed by atoms with Crippen molar-refractivity contribution >= 4 is 28.8 Å². The number of benzene rings is 1. The average molecular weight is 360 g/mol. The maximum atomic E-state index is 10.7. The van der Waals surface area contributed by atoms with Gasteiger partial charge in [0, 0.05) is 18.0 Å². The van der Waals surface area contributed by atoms with Crippen LogP contribution < -0.4 is 4.74 Å². The topological polar surface area (TPSA) is 87.6 Å². The number of carboxylic acid groups (broad SMARTS) is 1. The fraction of sp³-hybridized carbons (Fsp3) is 0. The molecule has 3 rings (SSSR count). The number of pyridine rings is 1. The smallest absolute Gasteiger partial charge is 0.449 e. The Balaban J connectivity index is 0.00000176. The molecule has 2 heterocycles. The Morgan fingerprint density at radius 3 is 2.64 bits per heavy atom. The van der Waals surface area contributed by atoms with E-state index in [1.165, 1.54) is 0 Å². The number of imidazole rings is 1. The average Bonchev–Trinajstić information content (AvgIpc) is 2.92. The lowest BCUT2D eigenvalue weighted by Crippen LogP contribution is -2.04. The van der Waals surface area contributed by atoms with E-state index in [4.69, 9.17) is 15.1 Å². The second-order valence-corrected chi connectivity index (χ2v) is 4.29. The van der Waals surface area contributed by atoms with Crippen LogP contribution in [0.5, 0.6) is 5.75 Å². The molecule has 110 valence electrons. The van der Waals surface area contributed by atoms with Crippen molar-refractivity contribution in [3.63, 3.8) is 0 Å². The fourth-order valence-electron chi connectivity index (χ4n) is 2.02. The SMILES string of the molecule is Br.N#Cc1ccc(-c2cn3cccc(OC(=O)O)c3n2)cc1. The highest BCUT2D eigenvalue weighted by Crippen LogP contribution is 2.24. The standard InChI is InChI=1S/C15H9N3O3.BrH/c16-8-10-3-5-11(6-4-10)12-9-18-7-1-2-13(14(18)17-12)21-15(19)20;/h1-7,9H,(H,19,20);1H. The highest BCUT2D eigenvalue weighted by Gasteiger charge is 2.11. The van der Waals surface area contributed by atoms with Gasteiger partial charge in [-0.2, -0.15) is 5.26 Å². The zero-order valence-electron chi connectivity index (χ0n) is 11.1. The predicted octanol–water partition coefficient (Wildman–Crippen LogP) is 3.51. The predicted molar refractivity (Wildman–Crippen MR) is 84.3 cm³/mol. The van der Waals surface area contributed by atoms with Gasteiger partial charge in [-0.25, -0.2) is 9.78 Å². The minimum absolute atomic E-state index is 0. The number of fused-ring (bicyclic) bond motifs is 1. The zero-order valence-corrected chi connectivity index (χ0v) is 12.8. The molecule has 0 saturated carbocycles. The quantitative estimate of drug-likeness (QED) is 0.707. The summed E-state index contributed by atoms with van der Waals surface area (Å²) in [5, 5.41) is 17.5. The third kappa shape index (κ3) is 2.92. The molecule has 1 N–H and O–H groups in total. The van der Waals surface area contributed by atoms with Crippen LogP contribution in [0, 0.1) is 11.3 Å². The molecule has 0 aliphatic heterocycles. The van der Waals surface area contributed by atoms with Gasteiger partial charge in [0.25, 0.3) is 0 Å². The highest BCUT2D eigenvalue weighted by atomic mass is 79.9. The van der Waals surface area contributed by atoms with Crippen LogP contribution in [0.15, 0.2) is 48.8 Å². The lowest BCUT2D eigenvalue weighted by Gasteiger charge is -2.00. The van der Waals surface area contributed by atoms with Crippen LogP contribution in [0.2, 0.25) is 0 Å². The van der Waals surface area contributed by atoms with E-state index < -0.39 is 6.16 Å². The van der Waals surface area contributed by atoms with E-state index in [-0.39, 0.29) is 22.7 Å². The first-order valence-electron chi connectivity index (χ1n) is 6.06. The summed E-state index contributed by atoms with van der Waals surface area (Å²) >= 11 is 0. The molecule has 0 bridgehead atoms. The van der Waals surface area contributed by atoms with Gasteiger partial charge in [0.2, 0.25) is 0 Å². The molecule has 0 saturated heterocycles. The van der Waals surface area contributed by atoms with Crippen molar-refractivity contribution in [2.75, 3.05) is 0 Å². The van der Waals surface area contributed by atoms with Crippen LogP contribution in [0.25, 0.3) is 16.9 Å². The molecule has 7 heteroatoms. The van der Waals surface area contributed by atoms with E-state index in [9.17, 15) is 4.79 Å². The number of hydrogen-bond acceptors (Lipinski definition) is 4. The molecular formula is C15H10BrN3O3. The summed E-state index contributed by atoms with van der Waals surface area (Å²) in [5.41, 5.74) is 2.48. The Bertz CT molecular complexity index is 866. The molecule has 0 spiro atoms. The van der Waals surface area contributed by atoms with Gasteiger partial charge in [-0.3, -0.25) is 0 Å². The summed E-state index contributed by atoms with van der Waals surface area (Å²) in [6.45, 7) is 0. The molecule has 0 unspecified atom stereocenters. The molecule has 0 radical (unpaired) electrons. The summed E-state index contributed by atoms with van der Waals surface area (Å²) in [6.07, 6.45) is 2.14. The number of nitrogens with zero attached hydrogens (tertiary/aromatic N) is 3. The van der Waals surface area contributed by atoms with Crippen molar-refractivity contribution in [1.82, 2.24) is 9.38 Å². The van der Waals surface area contributed by atoms with E-state index in [0.717, 1.165) is 5.56 Å². The number of nitriles is 1. The molecule has 22 heavy (non-hydrogen) atoms. The molecule has 0 aliphatic rings. The van der Waals surface area contributed by atoms with Crippen LogP contribution in [0.4, 0.5) is 4.79 Å². The molecular weight excluding hydrogens is 350 g/mol. The van der Waals surface area contributed by atoms with Gasteiger partial charge in [-0.1, -0.05) is 12.1 Å². The minimum Gasteiger partial charge on any atom is -0.449 e. The second-order valence-electron chi connectivity index (χ2n) is 4.29. The Labute approximate surface area is 136 Å². The van der Waals surface area contributed by atoms with E-state index in [1.807, 2.05) is 0 Å². The first-order chi connectivity index (χ1) is 10.2. The molecule has 2 aromatic heterocycles. The number of hydrogen-bond donors (Lipinski definition) is 1. The van der Waals surface area contributed by atoms with Gasteiger partial charge in [-0.15, -0.1) is 17.0 Å². The molecule has 0 amide bonds.